The van der Waals surface area contributed by atoms with Crippen molar-refractivity contribution in [2.24, 2.45) is 0 Å². The largest absolute Gasteiger partial charge is 0.349 e. The summed E-state index contributed by atoms with van der Waals surface area (Å²) in [6, 6.07) is 29.0. The summed E-state index contributed by atoms with van der Waals surface area (Å²) in [5, 5.41) is 16.5. The Kier molecular flexibility index (Phi) is 7.18. The number of tetrazole rings is 1. The fourth-order valence-corrected chi connectivity index (χ4v) is 5.93. The van der Waals surface area contributed by atoms with Crippen LogP contribution >= 0.6 is 11.6 Å². The number of hydrogen-bond donors (Lipinski definition) is 1. The van der Waals surface area contributed by atoms with Crippen LogP contribution < -0.4 is 5.32 Å². The lowest BCUT2D eigenvalue weighted by Gasteiger charge is -2.43. The predicted octanol–water partition coefficient (Wildman–Crippen LogP) is 3.52. The maximum Gasteiger partial charge on any atom is 0.242 e. The second-order valence-electron chi connectivity index (χ2n) is 9.94. The van der Waals surface area contributed by atoms with Gasteiger partial charge in [-0.15, -0.1) is 5.10 Å². The number of benzene rings is 3. The zero-order valence-corrected chi connectivity index (χ0v) is 21.8. The van der Waals surface area contributed by atoms with Crippen molar-refractivity contribution in [2.45, 2.75) is 31.1 Å². The lowest BCUT2D eigenvalue weighted by molar-refractivity contribution is -0.122. The number of piperazine rings is 1. The molecule has 0 radical (unpaired) electrons. The second-order valence-corrected chi connectivity index (χ2v) is 10.4. The first-order valence-electron chi connectivity index (χ1n) is 13.0. The number of aromatic nitrogens is 4. The Morgan fingerprint density at radius 1 is 0.868 bits per heavy atom. The molecule has 0 spiro atoms. The van der Waals surface area contributed by atoms with Crippen molar-refractivity contribution in [1.82, 2.24) is 35.3 Å². The standard InChI is InChI=1S/C29H30ClN7O/c30-24-13-11-23(12-14-24)27(22-9-5-2-6-10-22)35-15-17-36(18-16-35)28-25(19-21-7-3-1-4-8-21)31-26(38)20-37-29(28)32-33-34-37/h1-14,25,27-28H,15-20H2,(H,31,38)/t25-,27?,28?/m0/s1. The van der Waals surface area contributed by atoms with Gasteiger partial charge in [0.1, 0.15) is 6.54 Å². The zero-order chi connectivity index (χ0) is 25.9. The molecule has 8 nitrogen and oxygen atoms in total. The maximum atomic E-state index is 12.8. The van der Waals surface area contributed by atoms with E-state index in [2.05, 4.69) is 85.2 Å². The Labute approximate surface area is 227 Å². The van der Waals surface area contributed by atoms with Crippen molar-refractivity contribution in [1.29, 1.82) is 0 Å². The van der Waals surface area contributed by atoms with Crippen LogP contribution in [-0.2, 0) is 17.8 Å². The van der Waals surface area contributed by atoms with Gasteiger partial charge in [-0.25, -0.2) is 4.68 Å². The SMILES string of the molecule is O=C1Cn2nnnc2C(N2CCN(C(c3ccccc3)c3ccc(Cl)cc3)CC2)[C@H](Cc2ccccc2)N1. The topological polar surface area (TPSA) is 79.2 Å². The molecule has 0 saturated carbocycles. The van der Waals surface area contributed by atoms with E-state index < -0.39 is 0 Å². The van der Waals surface area contributed by atoms with Crippen LogP contribution in [0.4, 0.5) is 0 Å². The van der Waals surface area contributed by atoms with Gasteiger partial charge < -0.3 is 5.32 Å². The third kappa shape index (κ3) is 5.20. The lowest BCUT2D eigenvalue weighted by atomic mass is 9.95. The molecular formula is C29H30ClN7O. The number of carbonyl (C=O) groups is 1. The molecule has 2 aliphatic rings. The number of hydrogen-bond acceptors (Lipinski definition) is 6. The van der Waals surface area contributed by atoms with E-state index in [4.69, 9.17) is 11.6 Å². The van der Waals surface area contributed by atoms with Crippen LogP contribution in [0.1, 0.15) is 34.6 Å². The molecule has 0 aliphatic carbocycles. The minimum absolute atomic E-state index is 0.0625. The van der Waals surface area contributed by atoms with Crippen molar-refractivity contribution in [2.75, 3.05) is 26.2 Å². The van der Waals surface area contributed by atoms with E-state index in [-0.39, 0.29) is 30.6 Å². The highest BCUT2D eigenvalue weighted by Gasteiger charge is 2.39. The molecule has 2 aliphatic heterocycles. The number of rotatable bonds is 6. The van der Waals surface area contributed by atoms with E-state index in [1.54, 1.807) is 4.68 Å². The third-order valence-corrected chi connectivity index (χ3v) is 7.80. The molecule has 3 aromatic carbocycles. The number of carbonyl (C=O) groups excluding carboxylic acids is 1. The number of amides is 1. The van der Waals surface area contributed by atoms with Gasteiger partial charge in [0.05, 0.1) is 18.1 Å². The van der Waals surface area contributed by atoms with Crippen LogP contribution in [0.15, 0.2) is 84.9 Å². The third-order valence-electron chi connectivity index (χ3n) is 7.55. The average Bonchev–Trinajstić information content (AvgIpc) is 3.34. The summed E-state index contributed by atoms with van der Waals surface area (Å²) in [4.78, 5) is 17.7. The molecule has 2 unspecified atom stereocenters. The van der Waals surface area contributed by atoms with Gasteiger partial charge in [-0.3, -0.25) is 14.6 Å². The zero-order valence-electron chi connectivity index (χ0n) is 21.0. The molecule has 38 heavy (non-hydrogen) atoms. The van der Waals surface area contributed by atoms with Crippen LogP contribution in [0.2, 0.25) is 5.02 Å². The Balaban J connectivity index is 1.27. The van der Waals surface area contributed by atoms with Gasteiger partial charge in [-0.1, -0.05) is 84.4 Å². The number of nitrogens with one attached hydrogen (secondary N) is 1. The Morgan fingerprint density at radius 3 is 2.24 bits per heavy atom. The predicted molar refractivity (Wildman–Crippen MR) is 146 cm³/mol. The summed E-state index contributed by atoms with van der Waals surface area (Å²) in [6.07, 6.45) is 0.710. The molecule has 1 aromatic heterocycles. The highest BCUT2D eigenvalue weighted by atomic mass is 35.5. The van der Waals surface area contributed by atoms with E-state index in [1.165, 1.54) is 16.7 Å². The van der Waals surface area contributed by atoms with Gasteiger partial charge >= 0.3 is 0 Å². The summed E-state index contributed by atoms with van der Waals surface area (Å²) in [7, 11) is 0. The Morgan fingerprint density at radius 2 is 1.53 bits per heavy atom. The van der Waals surface area contributed by atoms with E-state index in [0.717, 1.165) is 37.0 Å². The molecule has 4 aromatic rings. The Bertz CT molecular complexity index is 1350. The van der Waals surface area contributed by atoms with Crippen LogP contribution in [0.3, 0.4) is 0 Å². The average molecular weight is 528 g/mol. The molecular weight excluding hydrogens is 498 g/mol. The highest BCUT2D eigenvalue weighted by molar-refractivity contribution is 6.30. The smallest absolute Gasteiger partial charge is 0.242 e. The Hall–Kier alpha value is -3.59. The minimum Gasteiger partial charge on any atom is -0.349 e. The van der Waals surface area contributed by atoms with Crippen LogP contribution in [0.5, 0.6) is 0 Å². The molecule has 6 rings (SSSR count). The molecule has 9 heteroatoms. The van der Waals surface area contributed by atoms with Crippen LogP contribution in [0, 0.1) is 0 Å². The molecule has 1 N–H and O–H groups in total. The highest BCUT2D eigenvalue weighted by Crippen LogP contribution is 2.33. The molecule has 194 valence electrons. The van der Waals surface area contributed by atoms with E-state index in [1.807, 2.05) is 30.3 Å². The molecule has 1 amide bonds. The van der Waals surface area contributed by atoms with Gasteiger partial charge in [0.15, 0.2) is 5.82 Å². The van der Waals surface area contributed by atoms with Crippen molar-refractivity contribution >= 4 is 17.5 Å². The maximum absolute atomic E-state index is 12.8. The number of halogens is 1. The summed E-state index contributed by atoms with van der Waals surface area (Å²) in [6.45, 7) is 3.53. The van der Waals surface area contributed by atoms with Crippen LogP contribution in [0.25, 0.3) is 0 Å². The van der Waals surface area contributed by atoms with Gasteiger partial charge in [0.2, 0.25) is 5.91 Å². The van der Waals surface area contributed by atoms with Crippen LogP contribution in [-0.4, -0.2) is 68.1 Å². The molecule has 3 atom stereocenters. The summed E-state index contributed by atoms with van der Waals surface area (Å²) >= 11 is 6.21. The first-order valence-corrected chi connectivity index (χ1v) is 13.4. The number of nitrogens with zero attached hydrogens (tertiary/aromatic N) is 6. The van der Waals surface area contributed by atoms with Crippen molar-refractivity contribution in [3.8, 4) is 0 Å². The monoisotopic (exact) mass is 527 g/mol. The fraction of sp³-hybridized carbons (Fsp3) is 0.310. The van der Waals surface area contributed by atoms with Crippen molar-refractivity contribution < 1.29 is 4.79 Å². The molecule has 1 fully saturated rings. The molecule has 0 bridgehead atoms. The first kappa shape index (κ1) is 24.7. The summed E-state index contributed by atoms with van der Waals surface area (Å²) < 4.78 is 1.65. The number of fused-ring (bicyclic) bond motifs is 1. The van der Waals surface area contributed by atoms with E-state index in [0.29, 0.717) is 6.42 Å². The lowest BCUT2D eigenvalue weighted by Crippen LogP contribution is -2.53. The van der Waals surface area contributed by atoms with Gasteiger partial charge in [-0.2, -0.15) is 0 Å². The normalized spacial score (nSPS) is 21.3. The van der Waals surface area contributed by atoms with Gasteiger partial charge in [0.25, 0.3) is 0 Å². The van der Waals surface area contributed by atoms with Gasteiger partial charge in [-0.05, 0) is 45.7 Å². The quantitative estimate of drug-likeness (QED) is 0.413. The fourth-order valence-electron chi connectivity index (χ4n) is 5.80. The van der Waals surface area contributed by atoms with E-state index in [9.17, 15) is 4.79 Å². The van der Waals surface area contributed by atoms with Gasteiger partial charge in [0, 0.05) is 31.2 Å². The summed E-state index contributed by atoms with van der Waals surface area (Å²) in [5.74, 6) is 0.683. The van der Waals surface area contributed by atoms with Crippen molar-refractivity contribution in [3.05, 3.63) is 112 Å². The van der Waals surface area contributed by atoms with E-state index >= 15 is 0 Å². The molecule has 3 heterocycles. The van der Waals surface area contributed by atoms with Crippen molar-refractivity contribution in [3.63, 3.8) is 0 Å². The molecule has 1 saturated heterocycles. The minimum atomic E-state index is -0.134. The second kappa shape index (κ2) is 11.0. The summed E-state index contributed by atoms with van der Waals surface area (Å²) in [5.41, 5.74) is 3.66. The first-order chi connectivity index (χ1) is 18.7.